The lowest BCUT2D eigenvalue weighted by Crippen LogP contribution is -2.35. The molecule has 0 spiro atoms. The zero-order chi connectivity index (χ0) is 12.5. The number of nitrogens with two attached hydrogens (primary N) is 1. The molecule has 1 fully saturated rings. The highest BCUT2D eigenvalue weighted by molar-refractivity contribution is 7.80. The Morgan fingerprint density at radius 3 is 2.94 bits per heavy atom. The fourth-order valence-corrected chi connectivity index (χ4v) is 2.52. The molecule has 17 heavy (non-hydrogen) atoms. The summed E-state index contributed by atoms with van der Waals surface area (Å²) in [6, 6.07) is 5.60. The molecule has 5 heteroatoms. The van der Waals surface area contributed by atoms with Gasteiger partial charge in [-0.3, -0.25) is 0 Å². The minimum atomic E-state index is -0.0792. The van der Waals surface area contributed by atoms with E-state index in [0.717, 1.165) is 18.7 Å². The fraction of sp³-hybridized carbons (Fsp3) is 0.417. The van der Waals surface area contributed by atoms with Crippen LogP contribution in [0.1, 0.15) is 18.9 Å². The van der Waals surface area contributed by atoms with Gasteiger partial charge >= 0.3 is 0 Å². The van der Waals surface area contributed by atoms with E-state index in [0.29, 0.717) is 22.2 Å². The third-order valence-corrected chi connectivity index (χ3v) is 3.43. The second kappa shape index (κ2) is 4.80. The summed E-state index contributed by atoms with van der Waals surface area (Å²) in [6.45, 7) is 3.56. The minimum absolute atomic E-state index is 0.0792. The lowest BCUT2D eigenvalue weighted by atomic mass is 10.0. The first-order valence-electron chi connectivity index (χ1n) is 5.46. The smallest absolute Gasteiger partial charge is 0.107 e. The maximum Gasteiger partial charge on any atom is 0.107 e. The van der Waals surface area contributed by atoms with Crippen LogP contribution in [0.15, 0.2) is 18.2 Å². The topological polar surface area (TPSA) is 47.3 Å². The average Bonchev–Trinajstić information content (AvgIpc) is 2.64. The van der Waals surface area contributed by atoms with Crippen LogP contribution in [-0.2, 0) is 4.74 Å². The normalized spacial score (nSPS) is 23.6. The van der Waals surface area contributed by atoms with Crippen molar-refractivity contribution in [1.82, 2.24) is 0 Å². The Morgan fingerprint density at radius 2 is 2.35 bits per heavy atom. The molecule has 0 aliphatic carbocycles. The zero-order valence-corrected chi connectivity index (χ0v) is 11.2. The van der Waals surface area contributed by atoms with Crippen LogP contribution in [0.3, 0.4) is 0 Å². The predicted octanol–water partition coefficient (Wildman–Crippen LogP) is 2.57. The highest BCUT2D eigenvalue weighted by Crippen LogP contribution is 2.29. The molecular weight excluding hydrogens is 256 g/mol. The summed E-state index contributed by atoms with van der Waals surface area (Å²) in [5.74, 6) is 0. The monoisotopic (exact) mass is 270 g/mol. The maximum absolute atomic E-state index is 6.12. The molecule has 1 aromatic rings. The Labute approximate surface area is 111 Å². The zero-order valence-electron chi connectivity index (χ0n) is 9.63. The van der Waals surface area contributed by atoms with E-state index in [2.05, 4.69) is 12.2 Å². The molecule has 1 unspecified atom stereocenters. The highest BCUT2D eigenvalue weighted by atomic mass is 35.5. The van der Waals surface area contributed by atoms with Gasteiger partial charge < -0.3 is 15.8 Å². The summed E-state index contributed by atoms with van der Waals surface area (Å²) in [6.07, 6.45) is 0.955. The maximum atomic E-state index is 6.12. The molecule has 0 aromatic heterocycles. The minimum Gasteiger partial charge on any atom is -0.389 e. The lowest BCUT2D eigenvalue weighted by molar-refractivity contribution is 0.185. The highest BCUT2D eigenvalue weighted by Gasteiger charge is 2.30. The van der Waals surface area contributed by atoms with E-state index in [1.54, 1.807) is 6.07 Å². The molecular formula is C12H15ClN2OS. The van der Waals surface area contributed by atoms with E-state index in [9.17, 15) is 0 Å². The third-order valence-electron chi connectivity index (χ3n) is 2.92. The molecule has 3 N–H and O–H groups in total. The second-order valence-electron chi connectivity index (χ2n) is 4.51. The van der Waals surface area contributed by atoms with Gasteiger partial charge in [0.2, 0.25) is 0 Å². The van der Waals surface area contributed by atoms with Gasteiger partial charge in [-0.2, -0.15) is 0 Å². The Hall–Kier alpha value is -0.840. The summed E-state index contributed by atoms with van der Waals surface area (Å²) in [5.41, 5.74) is 7.21. The standard InChI is InChI=1S/C12H15ClN2OS/c1-12(5-6-16-7-12)15-9-4-2-3-8(13)10(9)11(14)17/h2-4,15H,5-7H2,1H3,(H2,14,17). The summed E-state index contributed by atoms with van der Waals surface area (Å²) < 4.78 is 5.40. The first-order valence-corrected chi connectivity index (χ1v) is 6.25. The van der Waals surface area contributed by atoms with E-state index in [1.165, 1.54) is 0 Å². The summed E-state index contributed by atoms with van der Waals surface area (Å²) >= 11 is 11.2. The van der Waals surface area contributed by atoms with Gasteiger partial charge in [0.05, 0.1) is 22.7 Å². The van der Waals surface area contributed by atoms with Crippen molar-refractivity contribution in [2.24, 2.45) is 5.73 Å². The van der Waals surface area contributed by atoms with Gasteiger partial charge in [-0.25, -0.2) is 0 Å². The van der Waals surface area contributed by atoms with Gasteiger partial charge in [-0.15, -0.1) is 0 Å². The molecule has 3 nitrogen and oxygen atoms in total. The van der Waals surface area contributed by atoms with Crippen LogP contribution in [0.25, 0.3) is 0 Å². The van der Waals surface area contributed by atoms with Gasteiger partial charge in [-0.05, 0) is 25.5 Å². The average molecular weight is 271 g/mol. The molecule has 0 bridgehead atoms. The number of hydrogen-bond donors (Lipinski definition) is 2. The first kappa shape index (κ1) is 12.6. The number of ether oxygens (including phenoxy) is 1. The summed E-state index contributed by atoms with van der Waals surface area (Å²) in [7, 11) is 0. The van der Waals surface area contributed by atoms with Crippen LogP contribution in [0.2, 0.25) is 5.02 Å². The van der Waals surface area contributed by atoms with Crippen molar-refractivity contribution in [1.29, 1.82) is 0 Å². The molecule has 2 rings (SSSR count). The van der Waals surface area contributed by atoms with E-state index in [1.807, 2.05) is 12.1 Å². The van der Waals surface area contributed by atoms with Crippen LogP contribution in [0, 0.1) is 0 Å². The number of rotatable bonds is 3. The van der Waals surface area contributed by atoms with Crippen LogP contribution in [-0.4, -0.2) is 23.7 Å². The van der Waals surface area contributed by atoms with Gasteiger partial charge in [0, 0.05) is 12.3 Å². The summed E-state index contributed by atoms with van der Waals surface area (Å²) in [5, 5.41) is 4.01. The van der Waals surface area contributed by atoms with Crippen LogP contribution >= 0.6 is 23.8 Å². The molecule has 92 valence electrons. The van der Waals surface area contributed by atoms with Gasteiger partial charge in [0.1, 0.15) is 4.99 Å². The molecule has 0 radical (unpaired) electrons. The number of benzene rings is 1. The third kappa shape index (κ3) is 2.70. The Bertz CT molecular complexity index is 444. The lowest BCUT2D eigenvalue weighted by Gasteiger charge is -2.26. The second-order valence-corrected chi connectivity index (χ2v) is 5.36. The van der Waals surface area contributed by atoms with Crippen molar-refractivity contribution in [3.8, 4) is 0 Å². The predicted molar refractivity (Wildman–Crippen MR) is 74.8 cm³/mol. The molecule has 0 amide bonds. The molecule has 0 saturated carbocycles. The first-order chi connectivity index (χ1) is 8.02. The summed E-state index contributed by atoms with van der Waals surface area (Å²) in [4.78, 5) is 0.306. The van der Waals surface area contributed by atoms with E-state index in [-0.39, 0.29) is 5.54 Å². The van der Waals surface area contributed by atoms with Crippen molar-refractivity contribution in [2.45, 2.75) is 18.9 Å². The number of thiocarbonyl (C=S) groups is 1. The Kier molecular flexibility index (Phi) is 3.56. The van der Waals surface area contributed by atoms with Gasteiger partial charge in [-0.1, -0.05) is 29.9 Å². The quantitative estimate of drug-likeness (QED) is 0.829. The van der Waals surface area contributed by atoms with Crippen LogP contribution in [0.4, 0.5) is 5.69 Å². The molecule has 1 atom stereocenters. The number of halogens is 1. The molecule has 1 heterocycles. The Morgan fingerprint density at radius 1 is 1.59 bits per heavy atom. The molecule has 1 aliphatic heterocycles. The molecule has 1 saturated heterocycles. The van der Waals surface area contributed by atoms with Gasteiger partial charge in [0.15, 0.2) is 0 Å². The molecule has 1 aliphatic rings. The fourth-order valence-electron chi connectivity index (χ4n) is 1.97. The van der Waals surface area contributed by atoms with Crippen molar-refractivity contribution in [2.75, 3.05) is 18.5 Å². The molecule has 1 aromatic carbocycles. The SMILES string of the molecule is CC1(Nc2cccc(Cl)c2C(N)=S)CCOC1. The van der Waals surface area contributed by atoms with E-state index < -0.39 is 0 Å². The largest absolute Gasteiger partial charge is 0.389 e. The van der Waals surface area contributed by atoms with Gasteiger partial charge in [0.25, 0.3) is 0 Å². The van der Waals surface area contributed by atoms with Crippen molar-refractivity contribution in [3.05, 3.63) is 28.8 Å². The van der Waals surface area contributed by atoms with Crippen LogP contribution in [0.5, 0.6) is 0 Å². The van der Waals surface area contributed by atoms with Crippen molar-refractivity contribution in [3.63, 3.8) is 0 Å². The van der Waals surface area contributed by atoms with E-state index in [4.69, 9.17) is 34.3 Å². The number of nitrogens with one attached hydrogen (secondary N) is 1. The van der Waals surface area contributed by atoms with E-state index >= 15 is 0 Å². The van der Waals surface area contributed by atoms with Crippen LogP contribution < -0.4 is 11.1 Å². The van der Waals surface area contributed by atoms with Crippen molar-refractivity contribution >= 4 is 34.5 Å². The Balaban J connectivity index is 2.32. The van der Waals surface area contributed by atoms with Crippen molar-refractivity contribution < 1.29 is 4.74 Å². The number of anilines is 1. The number of hydrogen-bond acceptors (Lipinski definition) is 3.